The highest BCUT2D eigenvalue weighted by Crippen LogP contribution is 2.35. The zero-order valence-electron chi connectivity index (χ0n) is 21.3. The molecular weight excluding hydrogens is 438 g/mol. The molecule has 0 spiro atoms. The van der Waals surface area contributed by atoms with Crippen LogP contribution in [0.2, 0.25) is 0 Å². The van der Waals surface area contributed by atoms with E-state index < -0.39 is 5.60 Å². The fourth-order valence-electron chi connectivity index (χ4n) is 4.51. The van der Waals surface area contributed by atoms with Crippen LogP contribution in [0.1, 0.15) is 110 Å². The number of hydrogen-bond acceptors (Lipinski definition) is 7. The Morgan fingerprint density at radius 1 is 1.12 bits per heavy atom. The summed E-state index contributed by atoms with van der Waals surface area (Å²) in [5, 5.41) is 13.1. The minimum atomic E-state index is -0.508. The van der Waals surface area contributed by atoms with Crippen LogP contribution in [0.4, 0.5) is 9.59 Å². The topological polar surface area (TPSA) is 110 Å². The molecule has 10 nitrogen and oxygen atoms in total. The summed E-state index contributed by atoms with van der Waals surface area (Å²) in [6, 6.07) is -0.305. The SMILES string of the molecule is CCCCON1CCC[C@@H](c2nnc(C3CCC(NC(=O)OC(C)(C)C)CC3)o2)N(CC)C1=O. The first-order valence-electron chi connectivity index (χ1n) is 12.8. The maximum atomic E-state index is 13.1. The summed E-state index contributed by atoms with van der Waals surface area (Å²) in [4.78, 5) is 32.6. The van der Waals surface area contributed by atoms with Crippen LogP contribution >= 0.6 is 0 Å². The first-order chi connectivity index (χ1) is 16.2. The van der Waals surface area contributed by atoms with Gasteiger partial charge in [0, 0.05) is 18.5 Å². The van der Waals surface area contributed by atoms with Gasteiger partial charge in [-0.05, 0) is 72.6 Å². The Morgan fingerprint density at radius 2 is 1.82 bits per heavy atom. The second-order valence-electron chi connectivity index (χ2n) is 10.2. The molecule has 1 aliphatic heterocycles. The van der Waals surface area contributed by atoms with Gasteiger partial charge >= 0.3 is 12.1 Å². The fourth-order valence-corrected chi connectivity index (χ4v) is 4.51. The Bertz CT molecular complexity index is 800. The third-order valence-corrected chi connectivity index (χ3v) is 6.30. The van der Waals surface area contributed by atoms with Crippen LogP contribution in [0.25, 0.3) is 0 Å². The second kappa shape index (κ2) is 11.9. The summed E-state index contributed by atoms with van der Waals surface area (Å²) in [7, 11) is 0. The van der Waals surface area contributed by atoms with E-state index >= 15 is 0 Å². The van der Waals surface area contributed by atoms with Gasteiger partial charge < -0.3 is 19.4 Å². The van der Waals surface area contributed by atoms with Crippen molar-refractivity contribution in [3.8, 4) is 0 Å². The van der Waals surface area contributed by atoms with E-state index in [0.717, 1.165) is 51.4 Å². The number of aromatic nitrogens is 2. The van der Waals surface area contributed by atoms with Crippen molar-refractivity contribution in [3.63, 3.8) is 0 Å². The molecule has 1 aromatic rings. The van der Waals surface area contributed by atoms with E-state index in [-0.39, 0.29) is 30.1 Å². The van der Waals surface area contributed by atoms with E-state index in [1.54, 1.807) is 4.90 Å². The highest BCUT2D eigenvalue weighted by atomic mass is 16.7. The van der Waals surface area contributed by atoms with Gasteiger partial charge in [-0.3, -0.25) is 4.84 Å². The number of alkyl carbamates (subject to hydrolysis) is 1. The lowest BCUT2D eigenvalue weighted by Crippen LogP contribution is -2.43. The number of amides is 3. The summed E-state index contributed by atoms with van der Waals surface area (Å²) in [5.74, 6) is 1.27. The molecule has 10 heteroatoms. The molecule has 192 valence electrons. The van der Waals surface area contributed by atoms with Gasteiger partial charge in [0.25, 0.3) is 0 Å². The van der Waals surface area contributed by atoms with Crippen LogP contribution < -0.4 is 5.32 Å². The van der Waals surface area contributed by atoms with Gasteiger partial charge in [0.05, 0.1) is 13.2 Å². The number of hydrogen-bond donors (Lipinski definition) is 1. The van der Waals surface area contributed by atoms with Gasteiger partial charge in [-0.25, -0.2) is 14.7 Å². The first-order valence-corrected chi connectivity index (χ1v) is 12.8. The van der Waals surface area contributed by atoms with Crippen LogP contribution in [-0.2, 0) is 9.57 Å². The minimum absolute atomic E-state index is 0.0854. The third kappa shape index (κ3) is 7.07. The average Bonchev–Trinajstić information content (AvgIpc) is 3.20. The molecule has 0 unspecified atom stereocenters. The molecule has 0 radical (unpaired) electrons. The number of carbonyl (C=O) groups is 2. The second-order valence-corrected chi connectivity index (χ2v) is 10.2. The molecule has 34 heavy (non-hydrogen) atoms. The number of urea groups is 1. The van der Waals surface area contributed by atoms with E-state index in [4.69, 9.17) is 14.0 Å². The van der Waals surface area contributed by atoms with Crippen molar-refractivity contribution < 1.29 is 23.6 Å². The molecule has 3 amide bonds. The van der Waals surface area contributed by atoms with Gasteiger partial charge in [-0.15, -0.1) is 10.2 Å². The number of nitrogens with zero attached hydrogens (tertiary/aromatic N) is 4. The Morgan fingerprint density at radius 3 is 2.47 bits per heavy atom. The molecule has 2 heterocycles. The van der Waals surface area contributed by atoms with Crippen molar-refractivity contribution in [3.05, 3.63) is 11.8 Å². The van der Waals surface area contributed by atoms with Crippen molar-refractivity contribution in [1.82, 2.24) is 25.5 Å². The lowest BCUT2D eigenvalue weighted by Gasteiger charge is -2.30. The summed E-state index contributed by atoms with van der Waals surface area (Å²) in [6.07, 6.45) is 6.47. The van der Waals surface area contributed by atoms with Crippen molar-refractivity contribution in [2.24, 2.45) is 0 Å². The Hall–Kier alpha value is -2.36. The van der Waals surface area contributed by atoms with Crippen LogP contribution in [0.5, 0.6) is 0 Å². The lowest BCUT2D eigenvalue weighted by molar-refractivity contribution is -0.123. The van der Waals surface area contributed by atoms with Crippen LogP contribution in [0.15, 0.2) is 4.42 Å². The first kappa shape index (κ1) is 26.2. The Labute approximate surface area is 202 Å². The summed E-state index contributed by atoms with van der Waals surface area (Å²) >= 11 is 0. The Kier molecular flexibility index (Phi) is 9.16. The van der Waals surface area contributed by atoms with E-state index in [0.29, 0.717) is 31.5 Å². The monoisotopic (exact) mass is 479 g/mol. The van der Waals surface area contributed by atoms with Gasteiger partial charge in [0.1, 0.15) is 11.6 Å². The number of carbonyl (C=O) groups excluding carboxylic acids is 2. The molecule has 2 aliphatic rings. The number of hydroxylamine groups is 2. The third-order valence-electron chi connectivity index (χ3n) is 6.30. The van der Waals surface area contributed by atoms with Crippen molar-refractivity contribution >= 4 is 12.1 Å². The van der Waals surface area contributed by atoms with E-state index in [1.165, 1.54) is 5.06 Å². The van der Waals surface area contributed by atoms with E-state index in [1.807, 2.05) is 27.7 Å². The number of ether oxygens (including phenoxy) is 1. The van der Waals surface area contributed by atoms with Crippen LogP contribution in [0, 0.1) is 0 Å². The molecule has 1 aromatic heterocycles. The van der Waals surface area contributed by atoms with Gasteiger partial charge in [0.15, 0.2) is 0 Å². The van der Waals surface area contributed by atoms with Crippen LogP contribution in [-0.4, -0.2) is 63.6 Å². The van der Waals surface area contributed by atoms with Gasteiger partial charge in [-0.2, -0.15) is 0 Å². The molecule has 1 N–H and O–H groups in total. The molecule has 2 fully saturated rings. The highest BCUT2D eigenvalue weighted by molar-refractivity contribution is 5.74. The zero-order valence-corrected chi connectivity index (χ0v) is 21.3. The summed E-state index contributed by atoms with van der Waals surface area (Å²) in [6.45, 7) is 11.3. The normalized spacial score (nSPS) is 24.1. The lowest BCUT2D eigenvalue weighted by atomic mass is 9.86. The standard InChI is InChI=1S/C24H41N5O5/c1-6-8-16-32-29-15-9-10-19(28(7-2)23(29)31)21-27-26-20(33-21)17-11-13-18(14-12-17)25-22(30)34-24(3,4)5/h17-19H,6-16H2,1-5H3,(H,25,30)/t17?,18?,19-/m0/s1. The van der Waals surface area contributed by atoms with E-state index in [2.05, 4.69) is 22.4 Å². The average molecular weight is 480 g/mol. The highest BCUT2D eigenvalue weighted by Gasteiger charge is 2.36. The van der Waals surface area contributed by atoms with Crippen LogP contribution in [0.3, 0.4) is 0 Å². The van der Waals surface area contributed by atoms with Crippen molar-refractivity contribution in [2.75, 3.05) is 19.7 Å². The predicted molar refractivity (Wildman–Crippen MR) is 126 cm³/mol. The molecule has 0 aromatic carbocycles. The fraction of sp³-hybridized carbons (Fsp3) is 0.833. The Balaban J connectivity index is 1.57. The van der Waals surface area contributed by atoms with Gasteiger partial charge in [-0.1, -0.05) is 13.3 Å². The molecule has 1 atom stereocenters. The maximum Gasteiger partial charge on any atom is 0.407 e. The van der Waals surface area contributed by atoms with Crippen molar-refractivity contribution in [1.29, 1.82) is 0 Å². The molecule has 1 saturated heterocycles. The smallest absolute Gasteiger partial charge is 0.407 e. The predicted octanol–water partition coefficient (Wildman–Crippen LogP) is 4.93. The molecule has 1 aliphatic carbocycles. The molecule has 0 bridgehead atoms. The maximum absolute atomic E-state index is 13.1. The van der Waals surface area contributed by atoms with E-state index in [9.17, 15) is 9.59 Å². The number of unbranched alkanes of at least 4 members (excludes halogenated alkanes) is 1. The molecular formula is C24H41N5O5. The quantitative estimate of drug-likeness (QED) is 0.526. The summed E-state index contributed by atoms with van der Waals surface area (Å²) < 4.78 is 11.5. The number of nitrogens with one attached hydrogen (secondary N) is 1. The van der Waals surface area contributed by atoms with Gasteiger partial charge in [0.2, 0.25) is 11.8 Å². The number of rotatable bonds is 8. The molecule has 1 saturated carbocycles. The molecule has 3 rings (SSSR count). The largest absolute Gasteiger partial charge is 0.444 e. The summed E-state index contributed by atoms with van der Waals surface area (Å²) in [5.41, 5.74) is -0.508. The zero-order chi connectivity index (χ0) is 24.7. The minimum Gasteiger partial charge on any atom is -0.444 e. The van der Waals surface area contributed by atoms with Crippen molar-refractivity contribution in [2.45, 2.75) is 110 Å².